The van der Waals surface area contributed by atoms with Gasteiger partial charge in [0, 0.05) is 39.3 Å². The molecule has 1 aromatic heterocycles. The Labute approximate surface area is 115 Å². The van der Waals surface area contributed by atoms with Crippen molar-refractivity contribution in [3.63, 3.8) is 0 Å². The molecule has 19 heavy (non-hydrogen) atoms. The average Bonchev–Trinajstić information content (AvgIpc) is 2.49. The van der Waals surface area contributed by atoms with Crippen LogP contribution in [-0.4, -0.2) is 65.9 Å². The van der Waals surface area contributed by atoms with Crippen LogP contribution >= 0.6 is 0 Å². The summed E-state index contributed by atoms with van der Waals surface area (Å²) in [7, 11) is 0. The summed E-state index contributed by atoms with van der Waals surface area (Å²) in [5, 5.41) is 8.29. The Morgan fingerprint density at radius 3 is 2.37 bits per heavy atom. The molecule has 1 aromatic rings. The van der Waals surface area contributed by atoms with Crippen LogP contribution < -0.4 is 9.80 Å². The fourth-order valence-electron chi connectivity index (χ4n) is 2.38. The lowest BCUT2D eigenvalue weighted by molar-refractivity contribution is 0.269. The number of hydrogen-bond donors (Lipinski definition) is 0. The monoisotopic (exact) mass is 264 g/mol. The van der Waals surface area contributed by atoms with Gasteiger partial charge in [-0.25, -0.2) is 0 Å². The molecular weight excluding hydrogens is 240 g/mol. The number of hydrogen-bond acceptors (Lipinski definition) is 6. The molecule has 0 N–H and O–H groups in total. The molecule has 1 aliphatic rings. The highest BCUT2D eigenvalue weighted by molar-refractivity contribution is 5.41. The highest BCUT2D eigenvalue weighted by atomic mass is 15.4. The van der Waals surface area contributed by atoms with Crippen molar-refractivity contribution in [2.45, 2.75) is 20.8 Å². The van der Waals surface area contributed by atoms with Crippen LogP contribution in [0.4, 0.5) is 11.8 Å². The molecule has 1 saturated heterocycles. The van der Waals surface area contributed by atoms with Crippen LogP contribution in [-0.2, 0) is 0 Å². The van der Waals surface area contributed by atoms with Crippen molar-refractivity contribution in [3.05, 3.63) is 6.20 Å². The number of piperazine rings is 1. The molecule has 0 unspecified atom stereocenters. The lowest BCUT2D eigenvalue weighted by Gasteiger charge is -2.34. The summed E-state index contributed by atoms with van der Waals surface area (Å²) in [6.45, 7) is 13.6. The second-order valence-electron chi connectivity index (χ2n) is 4.71. The van der Waals surface area contributed by atoms with Crippen LogP contribution in [0.3, 0.4) is 0 Å². The fourth-order valence-corrected chi connectivity index (χ4v) is 2.38. The third-order valence-electron chi connectivity index (χ3n) is 3.72. The Balaban J connectivity index is 2.07. The number of nitrogens with zero attached hydrogens (tertiary/aromatic N) is 6. The van der Waals surface area contributed by atoms with Gasteiger partial charge in [-0.05, 0) is 20.4 Å². The molecule has 0 spiro atoms. The van der Waals surface area contributed by atoms with Crippen molar-refractivity contribution in [1.29, 1.82) is 0 Å². The molecule has 0 radical (unpaired) electrons. The molecule has 2 rings (SSSR count). The first kappa shape index (κ1) is 14.0. The Hall–Kier alpha value is -1.43. The van der Waals surface area contributed by atoms with Crippen LogP contribution in [0.5, 0.6) is 0 Å². The average molecular weight is 264 g/mol. The van der Waals surface area contributed by atoms with Crippen molar-refractivity contribution < 1.29 is 0 Å². The minimum atomic E-state index is 0.764. The molecule has 0 saturated carbocycles. The van der Waals surface area contributed by atoms with E-state index in [0.29, 0.717) is 0 Å². The molecule has 1 fully saturated rings. The van der Waals surface area contributed by atoms with Crippen LogP contribution in [0.2, 0.25) is 0 Å². The molecule has 6 heteroatoms. The normalized spacial score (nSPS) is 16.7. The van der Waals surface area contributed by atoms with E-state index in [9.17, 15) is 0 Å². The molecule has 1 aliphatic heterocycles. The zero-order valence-corrected chi connectivity index (χ0v) is 12.2. The number of aromatic nitrogens is 3. The number of likely N-dealkylation sites (N-methyl/N-ethyl adjacent to an activating group) is 1. The first-order valence-corrected chi connectivity index (χ1v) is 7.20. The molecule has 0 atom stereocenters. The quantitative estimate of drug-likeness (QED) is 0.786. The highest BCUT2D eigenvalue weighted by Gasteiger charge is 2.19. The van der Waals surface area contributed by atoms with Gasteiger partial charge in [-0.3, -0.25) is 0 Å². The predicted molar refractivity (Wildman–Crippen MR) is 77.7 cm³/mol. The lowest BCUT2D eigenvalue weighted by Crippen LogP contribution is -2.47. The maximum absolute atomic E-state index is 4.65. The van der Waals surface area contributed by atoms with Gasteiger partial charge in [0.25, 0.3) is 0 Å². The van der Waals surface area contributed by atoms with Crippen molar-refractivity contribution in [1.82, 2.24) is 20.1 Å². The van der Waals surface area contributed by atoms with Crippen LogP contribution in [0, 0.1) is 0 Å². The smallest absolute Gasteiger partial charge is 0.247 e. The molecule has 106 valence electrons. The number of rotatable bonds is 5. The molecular formula is C13H24N6. The van der Waals surface area contributed by atoms with Gasteiger partial charge in [-0.2, -0.15) is 10.1 Å². The van der Waals surface area contributed by atoms with E-state index in [4.69, 9.17) is 0 Å². The molecule has 0 aromatic carbocycles. The molecule has 0 amide bonds. The Morgan fingerprint density at radius 1 is 1.11 bits per heavy atom. The zero-order chi connectivity index (χ0) is 13.7. The van der Waals surface area contributed by atoms with Crippen molar-refractivity contribution in [2.24, 2.45) is 0 Å². The highest BCUT2D eigenvalue weighted by Crippen LogP contribution is 2.14. The van der Waals surface area contributed by atoms with Gasteiger partial charge in [0.15, 0.2) is 5.82 Å². The van der Waals surface area contributed by atoms with E-state index in [1.807, 2.05) is 0 Å². The summed E-state index contributed by atoms with van der Waals surface area (Å²) >= 11 is 0. The second kappa shape index (κ2) is 6.65. The standard InChI is InChI=1S/C13H24N6/c1-4-17-7-9-19(10-8-17)13-15-12(11-14-16-13)18(5-2)6-3/h11H,4-10H2,1-3H3. The first-order valence-electron chi connectivity index (χ1n) is 7.20. The van der Waals surface area contributed by atoms with Gasteiger partial charge >= 0.3 is 0 Å². The number of anilines is 2. The summed E-state index contributed by atoms with van der Waals surface area (Å²) in [4.78, 5) is 11.5. The van der Waals surface area contributed by atoms with E-state index in [2.05, 4.69) is 50.7 Å². The van der Waals surface area contributed by atoms with Gasteiger partial charge in [0.1, 0.15) is 0 Å². The third-order valence-corrected chi connectivity index (χ3v) is 3.72. The SMILES string of the molecule is CCN1CCN(c2nncc(N(CC)CC)n2)CC1. The maximum Gasteiger partial charge on any atom is 0.247 e. The second-order valence-corrected chi connectivity index (χ2v) is 4.71. The third kappa shape index (κ3) is 3.32. The van der Waals surface area contributed by atoms with Crippen molar-refractivity contribution in [3.8, 4) is 0 Å². The van der Waals surface area contributed by atoms with Gasteiger partial charge in [-0.15, -0.1) is 5.10 Å². The maximum atomic E-state index is 4.65. The van der Waals surface area contributed by atoms with Crippen LogP contribution in [0.25, 0.3) is 0 Å². The van der Waals surface area contributed by atoms with Crippen molar-refractivity contribution in [2.75, 3.05) is 55.6 Å². The minimum Gasteiger partial charge on any atom is -0.356 e. The van der Waals surface area contributed by atoms with E-state index in [-0.39, 0.29) is 0 Å². The van der Waals surface area contributed by atoms with Crippen LogP contribution in [0.15, 0.2) is 6.20 Å². The zero-order valence-electron chi connectivity index (χ0n) is 12.2. The molecule has 0 bridgehead atoms. The topological polar surface area (TPSA) is 48.4 Å². The Morgan fingerprint density at radius 2 is 1.79 bits per heavy atom. The Kier molecular flexibility index (Phi) is 4.90. The van der Waals surface area contributed by atoms with Gasteiger partial charge in [0.05, 0.1) is 6.20 Å². The van der Waals surface area contributed by atoms with E-state index in [1.54, 1.807) is 6.20 Å². The molecule has 2 heterocycles. The summed E-state index contributed by atoms with van der Waals surface area (Å²) in [6, 6.07) is 0. The van der Waals surface area contributed by atoms with Gasteiger partial charge in [-0.1, -0.05) is 6.92 Å². The van der Waals surface area contributed by atoms with Crippen molar-refractivity contribution >= 4 is 11.8 Å². The summed E-state index contributed by atoms with van der Waals surface area (Å²) in [5.41, 5.74) is 0. The Bertz CT molecular complexity index is 384. The minimum absolute atomic E-state index is 0.764. The van der Waals surface area contributed by atoms with E-state index >= 15 is 0 Å². The first-order chi connectivity index (χ1) is 9.28. The predicted octanol–water partition coefficient (Wildman–Crippen LogP) is 0.860. The van der Waals surface area contributed by atoms with E-state index in [0.717, 1.165) is 57.6 Å². The molecule has 0 aliphatic carbocycles. The summed E-state index contributed by atoms with van der Waals surface area (Å²) in [6.07, 6.45) is 1.75. The molecule has 6 nitrogen and oxygen atoms in total. The van der Waals surface area contributed by atoms with E-state index < -0.39 is 0 Å². The fraction of sp³-hybridized carbons (Fsp3) is 0.769. The van der Waals surface area contributed by atoms with Crippen LogP contribution in [0.1, 0.15) is 20.8 Å². The van der Waals surface area contributed by atoms with Gasteiger partial charge in [0.2, 0.25) is 5.95 Å². The van der Waals surface area contributed by atoms with E-state index in [1.165, 1.54) is 0 Å². The summed E-state index contributed by atoms with van der Waals surface area (Å²) in [5.74, 6) is 1.69. The summed E-state index contributed by atoms with van der Waals surface area (Å²) < 4.78 is 0. The largest absolute Gasteiger partial charge is 0.356 e. The van der Waals surface area contributed by atoms with Gasteiger partial charge < -0.3 is 14.7 Å². The lowest BCUT2D eigenvalue weighted by atomic mass is 10.3.